The molecule has 2 saturated carbocycles. The van der Waals surface area contributed by atoms with Crippen molar-refractivity contribution in [1.82, 2.24) is 4.72 Å². The van der Waals surface area contributed by atoms with E-state index in [9.17, 15) is 8.42 Å². The predicted octanol–water partition coefficient (Wildman–Crippen LogP) is -0.442. The van der Waals surface area contributed by atoms with E-state index >= 15 is 0 Å². The van der Waals surface area contributed by atoms with E-state index in [1.807, 2.05) is 0 Å². The van der Waals surface area contributed by atoms with Gasteiger partial charge in [-0.05, 0) is 25.7 Å². The van der Waals surface area contributed by atoms with Crippen LogP contribution in [-0.4, -0.2) is 25.8 Å². The van der Waals surface area contributed by atoms with E-state index in [2.05, 4.69) is 4.72 Å². The highest BCUT2D eigenvalue weighted by Gasteiger charge is 2.39. The Morgan fingerprint density at radius 3 is 2.25 bits per heavy atom. The van der Waals surface area contributed by atoms with Gasteiger partial charge in [0.15, 0.2) is 0 Å². The Morgan fingerprint density at radius 1 is 1.25 bits per heavy atom. The average Bonchev–Trinajstić information content (AvgIpc) is 2.63. The van der Waals surface area contributed by atoms with Crippen LogP contribution in [0.1, 0.15) is 25.7 Å². The first-order chi connectivity index (χ1) is 5.58. The molecule has 70 valence electrons. The van der Waals surface area contributed by atoms with Crippen LogP contribution < -0.4 is 10.5 Å². The smallest absolute Gasteiger partial charge is 0.214 e. The molecule has 2 fully saturated rings. The van der Waals surface area contributed by atoms with E-state index in [0.29, 0.717) is 0 Å². The molecule has 4 nitrogen and oxygen atoms in total. The molecular formula is C7H14N2O2S. The molecule has 3 N–H and O–H groups in total. The summed E-state index contributed by atoms with van der Waals surface area (Å²) in [6, 6.07) is 0.322. The summed E-state index contributed by atoms with van der Waals surface area (Å²) in [7, 11) is -2.98. The second-order valence-electron chi connectivity index (χ2n) is 3.79. The summed E-state index contributed by atoms with van der Waals surface area (Å²) in [6.07, 6.45) is 3.25. The first kappa shape index (κ1) is 8.47. The normalized spacial score (nSPS) is 36.1. The largest absolute Gasteiger partial charge is 0.328 e. The lowest BCUT2D eigenvalue weighted by atomic mass is 9.89. The molecule has 0 aromatic rings. The molecule has 5 heteroatoms. The van der Waals surface area contributed by atoms with Crippen molar-refractivity contribution < 1.29 is 8.42 Å². The van der Waals surface area contributed by atoms with Crippen molar-refractivity contribution in [2.24, 2.45) is 5.73 Å². The van der Waals surface area contributed by atoms with Crippen LogP contribution in [-0.2, 0) is 10.0 Å². The lowest BCUT2D eigenvalue weighted by Crippen LogP contribution is -2.50. The van der Waals surface area contributed by atoms with Crippen LogP contribution in [0.25, 0.3) is 0 Å². The SMILES string of the molecule is NC1CC(NS(=O)(=O)C2CC2)C1. The maximum absolute atomic E-state index is 11.4. The number of hydrogen-bond donors (Lipinski definition) is 2. The topological polar surface area (TPSA) is 72.2 Å². The Labute approximate surface area is 72.6 Å². The summed E-state index contributed by atoms with van der Waals surface area (Å²) in [4.78, 5) is 0. The van der Waals surface area contributed by atoms with E-state index in [1.54, 1.807) is 0 Å². The van der Waals surface area contributed by atoms with Crippen LogP contribution in [0.3, 0.4) is 0 Å². The van der Waals surface area contributed by atoms with Crippen LogP contribution in [0.4, 0.5) is 0 Å². The molecule has 0 aromatic carbocycles. The standard InChI is InChI=1S/C7H14N2O2S/c8-5-3-6(4-5)9-12(10,11)7-1-2-7/h5-7,9H,1-4,8H2. The molecule has 12 heavy (non-hydrogen) atoms. The second kappa shape index (κ2) is 2.68. The molecule has 0 aliphatic heterocycles. The minimum absolute atomic E-state index is 0.102. The average molecular weight is 190 g/mol. The fourth-order valence-electron chi connectivity index (χ4n) is 1.46. The lowest BCUT2D eigenvalue weighted by molar-refractivity contribution is 0.327. The third-order valence-electron chi connectivity index (χ3n) is 2.47. The van der Waals surface area contributed by atoms with Gasteiger partial charge < -0.3 is 5.73 Å². The molecule has 2 aliphatic carbocycles. The van der Waals surface area contributed by atoms with Crippen molar-refractivity contribution in [3.63, 3.8) is 0 Å². The van der Waals surface area contributed by atoms with Gasteiger partial charge in [0.2, 0.25) is 10.0 Å². The van der Waals surface area contributed by atoms with Crippen LogP contribution in [0.2, 0.25) is 0 Å². The molecule has 0 aromatic heterocycles. The van der Waals surface area contributed by atoms with Crippen molar-refractivity contribution >= 4 is 10.0 Å². The van der Waals surface area contributed by atoms with E-state index in [1.165, 1.54) is 0 Å². The van der Waals surface area contributed by atoms with Gasteiger partial charge >= 0.3 is 0 Å². The lowest BCUT2D eigenvalue weighted by Gasteiger charge is -2.32. The van der Waals surface area contributed by atoms with Crippen LogP contribution in [0, 0.1) is 0 Å². The van der Waals surface area contributed by atoms with Crippen molar-refractivity contribution in [3.8, 4) is 0 Å². The Bertz CT molecular complexity index is 265. The summed E-state index contributed by atoms with van der Waals surface area (Å²) in [5.41, 5.74) is 5.54. The van der Waals surface area contributed by atoms with Gasteiger partial charge in [-0.3, -0.25) is 0 Å². The maximum atomic E-state index is 11.4. The molecule has 0 bridgehead atoms. The monoisotopic (exact) mass is 190 g/mol. The van der Waals surface area contributed by atoms with Gasteiger partial charge in [-0.2, -0.15) is 0 Å². The fraction of sp³-hybridized carbons (Fsp3) is 1.00. The van der Waals surface area contributed by atoms with E-state index in [4.69, 9.17) is 5.73 Å². The highest BCUT2D eigenvalue weighted by molar-refractivity contribution is 7.90. The molecule has 2 rings (SSSR count). The molecule has 0 radical (unpaired) electrons. The summed E-state index contributed by atoms with van der Waals surface area (Å²) < 4.78 is 25.4. The van der Waals surface area contributed by atoms with Crippen LogP contribution in [0.15, 0.2) is 0 Å². The first-order valence-corrected chi connectivity index (χ1v) is 5.89. The zero-order chi connectivity index (χ0) is 8.77. The third-order valence-corrected chi connectivity index (χ3v) is 4.48. The number of sulfonamides is 1. The second-order valence-corrected chi connectivity index (χ2v) is 5.78. The molecular weight excluding hydrogens is 176 g/mol. The van der Waals surface area contributed by atoms with Crippen molar-refractivity contribution in [2.75, 3.05) is 0 Å². The maximum Gasteiger partial charge on any atom is 0.214 e. The van der Waals surface area contributed by atoms with Crippen molar-refractivity contribution in [2.45, 2.75) is 43.0 Å². The zero-order valence-electron chi connectivity index (χ0n) is 6.86. The van der Waals surface area contributed by atoms with E-state index < -0.39 is 10.0 Å². The summed E-state index contributed by atoms with van der Waals surface area (Å²) in [6.45, 7) is 0. The minimum Gasteiger partial charge on any atom is -0.328 e. The Kier molecular flexibility index (Phi) is 1.89. The summed E-state index contributed by atoms with van der Waals surface area (Å²) >= 11 is 0. The Morgan fingerprint density at radius 2 is 1.83 bits per heavy atom. The molecule has 0 atom stereocenters. The fourth-order valence-corrected chi connectivity index (χ4v) is 3.07. The molecule has 0 spiro atoms. The zero-order valence-corrected chi connectivity index (χ0v) is 7.68. The van der Waals surface area contributed by atoms with Gasteiger partial charge in [0.25, 0.3) is 0 Å². The highest BCUT2D eigenvalue weighted by Crippen LogP contribution is 2.29. The molecule has 0 amide bonds. The molecule has 2 aliphatic rings. The Balaban J connectivity index is 1.86. The number of nitrogens with one attached hydrogen (secondary N) is 1. The van der Waals surface area contributed by atoms with Crippen molar-refractivity contribution in [3.05, 3.63) is 0 Å². The summed E-state index contributed by atoms with van der Waals surface area (Å²) in [5.74, 6) is 0. The molecule has 0 unspecified atom stereocenters. The quantitative estimate of drug-likeness (QED) is 0.633. The predicted molar refractivity (Wildman–Crippen MR) is 46.1 cm³/mol. The van der Waals surface area contributed by atoms with E-state index in [0.717, 1.165) is 25.7 Å². The third kappa shape index (κ3) is 1.62. The Hall–Kier alpha value is -0.130. The number of hydrogen-bond acceptors (Lipinski definition) is 3. The number of rotatable bonds is 3. The van der Waals surface area contributed by atoms with Crippen molar-refractivity contribution in [1.29, 1.82) is 0 Å². The van der Waals surface area contributed by atoms with Gasteiger partial charge in [0.1, 0.15) is 0 Å². The van der Waals surface area contributed by atoms with E-state index in [-0.39, 0.29) is 17.3 Å². The van der Waals surface area contributed by atoms with Gasteiger partial charge in [0, 0.05) is 12.1 Å². The van der Waals surface area contributed by atoms with Gasteiger partial charge in [-0.15, -0.1) is 0 Å². The van der Waals surface area contributed by atoms with Crippen LogP contribution in [0.5, 0.6) is 0 Å². The summed E-state index contributed by atoms with van der Waals surface area (Å²) in [5, 5.41) is -0.102. The highest BCUT2D eigenvalue weighted by atomic mass is 32.2. The van der Waals surface area contributed by atoms with Gasteiger partial charge in [-0.1, -0.05) is 0 Å². The first-order valence-electron chi connectivity index (χ1n) is 4.34. The molecule has 0 saturated heterocycles. The van der Waals surface area contributed by atoms with Crippen LogP contribution >= 0.6 is 0 Å². The van der Waals surface area contributed by atoms with Gasteiger partial charge in [-0.25, -0.2) is 13.1 Å². The minimum atomic E-state index is -2.98. The number of nitrogens with two attached hydrogens (primary N) is 1. The molecule has 0 heterocycles. The van der Waals surface area contributed by atoms with Gasteiger partial charge in [0.05, 0.1) is 5.25 Å².